The second-order valence-corrected chi connectivity index (χ2v) is 7.03. The molecule has 0 aliphatic carbocycles. The highest BCUT2D eigenvalue weighted by atomic mass is 32.2. The largest absolute Gasteiger partial charge is 0.279 e. The number of aromatic nitrogens is 1. The number of pyridine rings is 1. The van der Waals surface area contributed by atoms with E-state index in [-0.39, 0.29) is 6.54 Å². The van der Waals surface area contributed by atoms with E-state index in [1.807, 2.05) is 30.3 Å². The quantitative estimate of drug-likeness (QED) is 0.940. The Hall–Kier alpha value is -1.50. The molecule has 1 aromatic carbocycles. The van der Waals surface area contributed by atoms with Crippen molar-refractivity contribution in [3.63, 3.8) is 0 Å². The summed E-state index contributed by atoms with van der Waals surface area (Å²) in [4.78, 5) is 4.35. The molecule has 0 amide bonds. The van der Waals surface area contributed by atoms with E-state index in [2.05, 4.69) is 9.71 Å². The molecule has 1 aliphatic rings. The molecule has 6 heteroatoms. The molecule has 1 N–H and O–H groups in total. The van der Waals surface area contributed by atoms with Crippen molar-refractivity contribution in [2.24, 2.45) is 0 Å². The number of fused-ring (bicyclic) bond motifs is 1. The molecule has 0 unspecified atom stereocenters. The summed E-state index contributed by atoms with van der Waals surface area (Å²) >= 11 is 0. The zero-order valence-electron chi connectivity index (χ0n) is 11.8. The Bertz CT molecular complexity index is 719. The SMILES string of the molecule is O=S(=O)(NCc1cccc2cccnc12)N1CCCCC1. The van der Waals surface area contributed by atoms with Gasteiger partial charge < -0.3 is 0 Å². The average molecular weight is 305 g/mol. The molecule has 3 rings (SSSR count). The van der Waals surface area contributed by atoms with Gasteiger partial charge in [0.25, 0.3) is 10.2 Å². The number of nitrogens with zero attached hydrogens (tertiary/aromatic N) is 2. The van der Waals surface area contributed by atoms with Gasteiger partial charge in [-0.3, -0.25) is 4.98 Å². The van der Waals surface area contributed by atoms with Crippen molar-refractivity contribution in [1.29, 1.82) is 0 Å². The van der Waals surface area contributed by atoms with Crippen LogP contribution in [0.4, 0.5) is 0 Å². The minimum atomic E-state index is -3.39. The van der Waals surface area contributed by atoms with Crippen LogP contribution < -0.4 is 4.72 Å². The highest BCUT2D eigenvalue weighted by Gasteiger charge is 2.23. The van der Waals surface area contributed by atoms with Crippen LogP contribution in [-0.4, -0.2) is 30.8 Å². The van der Waals surface area contributed by atoms with E-state index in [9.17, 15) is 8.42 Å². The molecule has 0 saturated carbocycles. The van der Waals surface area contributed by atoms with Gasteiger partial charge in [0.1, 0.15) is 0 Å². The van der Waals surface area contributed by atoms with Crippen molar-refractivity contribution in [2.75, 3.05) is 13.1 Å². The molecular weight excluding hydrogens is 286 g/mol. The van der Waals surface area contributed by atoms with Gasteiger partial charge in [-0.1, -0.05) is 30.7 Å². The number of hydrogen-bond acceptors (Lipinski definition) is 3. The normalized spacial score (nSPS) is 17.1. The zero-order valence-corrected chi connectivity index (χ0v) is 12.6. The van der Waals surface area contributed by atoms with Crippen molar-refractivity contribution in [3.05, 3.63) is 42.1 Å². The fraction of sp³-hybridized carbons (Fsp3) is 0.400. The Labute approximate surface area is 125 Å². The molecule has 0 bridgehead atoms. The summed E-state index contributed by atoms with van der Waals surface area (Å²) < 4.78 is 28.8. The van der Waals surface area contributed by atoms with Crippen molar-refractivity contribution < 1.29 is 8.42 Å². The lowest BCUT2D eigenvalue weighted by atomic mass is 10.1. The van der Waals surface area contributed by atoms with Crippen LogP contribution in [-0.2, 0) is 16.8 Å². The van der Waals surface area contributed by atoms with Crippen LogP contribution in [0.3, 0.4) is 0 Å². The van der Waals surface area contributed by atoms with Gasteiger partial charge in [0, 0.05) is 31.2 Å². The van der Waals surface area contributed by atoms with Gasteiger partial charge >= 0.3 is 0 Å². The Morgan fingerprint density at radius 3 is 2.67 bits per heavy atom. The van der Waals surface area contributed by atoms with Crippen LogP contribution in [0.5, 0.6) is 0 Å². The molecule has 0 radical (unpaired) electrons. The molecule has 1 fully saturated rings. The Kier molecular flexibility index (Phi) is 4.19. The number of para-hydroxylation sites is 1. The van der Waals surface area contributed by atoms with Crippen LogP contribution in [0, 0.1) is 0 Å². The fourth-order valence-electron chi connectivity index (χ4n) is 2.68. The predicted octanol–water partition coefficient (Wildman–Crippen LogP) is 2.06. The van der Waals surface area contributed by atoms with Crippen molar-refractivity contribution in [1.82, 2.24) is 14.0 Å². The first-order chi connectivity index (χ1) is 10.2. The summed E-state index contributed by atoms with van der Waals surface area (Å²) in [5.74, 6) is 0. The molecule has 21 heavy (non-hydrogen) atoms. The van der Waals surface area contributed by atoms with Crippen LogP contribution in [0.1, 0.15) is 24.8 Å². The van der Waals surface area contributed by atoms with Crippen molar-refractivity contribution in [3.8, 4) is 0 Å². The first-order valence-electron chi connectivity index (χ1n) is 7.24. The molecule has 5 nitrogen and oxygen atoms in total. The van der Waals surface area contributed by atoms with Gasteiger partial charge in [0.2, 0.25) is 0 Å². The summed E-state index contributed by atoms with van der Waals surface area (Å²) in [6, 6.07) is 9.67. The highest BCUT2D eigenvalue weighted by molar-refractivity contribution is 7.87. The Morgan fingerprint density at radius 2 is 1.86 bits per heavy atom. The van der Waals surface area contributed by atoms with E-state index in [1.165, 1.54) is 4.31 Å². The van der Waals surface area contributed by atoms with Gasteiger partial charge in [0.05, 0.1) is 5.52 Å². The number of benzene rings is 1. The van der Waals surface area contributed by atoms with E-state index >= 15 is 0 Å². The number of nitrogens with one attached hydrogen (secondary N) is 1. The fourth-order valence-corrected chi connectivity index (χ4v) is 3.93. The molecular formula is C15H19N3O2S. The lowest BCUT2D eigenvalue weighted by Crippen LogP contribution is -2.43. The topological polar surface area (TPSA) is 62.3 Å². The van der Waals surface area contributed by atoms with Crippen LogP contribution in [0.25, 0.3) is 10.9 Å². The summed E-state index contributed by atoms with van der Waals surface area (Å²) in [6.07, 6.45) is 4.72. The van der Waals surface area contributed by atoms with Crippen LogP contribution >= 0.6 is 0 Å². The molecule has 0 atom stereocenters. The third kappa shape index (κ3) is 3.23. The maximum absolute atomic E-state index is 12.3. The third-order valence-corrected chi connectivity index (χ3v) is 5.37. The first kappa shape index (κ1) is 14.4. The molecule has 1 aliphatic heterocycles. The summed E-state index contributed by atoms with van der Waals surface area (Å²) in [5.41, 5.74) is 1.75. The number of hydrogen-bond donors (Lipinski definition) is 1. The summed E-state index contributed by atoms with van der Waals surface area (Å²) in [6.45, 7) is 1.50. The minimum Gasteiger partial charge on any atom is -0.256 e. The van der Waals surface area contributed by atoms with E-state index < -0.39 is 10.2 Å². The molecule has 2 aromatic rings. The minimum absolute atomic E-state index is 0.271. The highest BCUT2D eigenvalue weighted by Crippen LogP contribution is 2.17. The molecule has 2 heterocycles. The van der Waals surface area contributed by atoms with Gasteiger partial charge in [-0.2, -0.15) is 17.4 Å². The molecule has 1 aromatic heterocycles. The van der Waals surface area contributed by atoms with E-state index in [1.54, 1.807) is 6.20 Å². The second-order valence-electron chi connectivity index (χ2n) is 5.28. The lowest BCUT2D eigenvalue weighted by molar-refractivity contribution is 0.341. The van der Waals surface area contributed by atoms with Crippen molar-refractivity contribution in [2.45, 2.75) is 25.8 Å². The van der Waals surface area contributed by atoms with E-state index in [0.717, 1.165) is 35.7 Å². The molecule has 112 valence electrons. The van der Waals surface area contributed by atoms with Gasteiger partial charge in [0.15, 0.2) is 0 Å². The third-order valence-electron chi connectivity index (χ3n) is 3.82. The average Bonchev–Trinajstić information content (AvgIpc) is 2.54. The Balaban J connectivity index is 1.77. The lowest BCUT2D eigenvalue weighted by Gasteiger charge is -2.26. The number of rotatable bonds is 4. The van der Waals surface area contributed by atoms with Gasteiger partial charge in [-0.05, 0) is 24.5 Å². The summed E-state index contributed by atoms with van der Waals surface area (Å²) in [7, 11) is -3.39. The maximum atomic E-state index is 12.3. The predicted molar refractivity (Wildman–Crippen MR) is 82.9 cm³/mol. The van der Waals surface area contributed by atoms with Gasteiger partial charge in [-0.25, -0.2) is 0 Å². The smallest absolute Gasteiger partial charge is 0.256 e. The van der Waals surface area contributed by atoms with E-state index in [0.29, 0.717) is 13.1 Å². The van der Waals surface area contributed by atoms with Crippen molar-refractivity contribution >= 4 is 21.1 Å². The molecule has 0 spiro atoms. The monoisotopic (exact) mass is 305 g/mol. The standard InChI is InChI=1S/C15H19N3O2S/c19-21(20,18-10-2-1-3-11-18)17-12-14-7-4-6-13-8-5-9-16-15(13)14/h4-9,17H,1-3,10-12H2. The van der Waals surface area contributed by atoms with E-state index in [4.69, 9.17) is 0 Å². The van der Waals surface area contributed by atoms with Crippen LogP contribution in [0.2, 0.25) is 0 Å². The zero-order chi connectivity index (χ0) is 14.7. The molecule has 1 saturated heterocycles. The summed E-state index contributed by atoms with van der Waals surface area (Å²) in [5, 5.41) is 1.02. The maximum Gasteiger partial charge on any atom is 0.279 e. The Morgan fingerprint density at radius 1 is 1.10 bits per heavy atom. The first-order valence-corrected chi connectivity index (χ1v) is 8.68. The second kappa shape index (κ2) is 6.09. The van der Waals surface area contributed by atoms with Crippen LogP contribution in [0.15, 0.2) is 36.5 Å². The van der Waals surface area contributed by atoms with Gasteiger partial charge in [-0.15, -0.1) is 0 Å². The number of piperidine rings is 1.